The third kappa shape index (κ3) is 16.7. The summed E-state index contributed by atoms with van der Waals surface area (Å²) in [6.07, 6.45) is 5.65. The molecular formula is C32H48N2O5. The molecule has 0 unspecified atom stereocenters. The average molecular weight is 541 g/mol. The molecule has 0 saturated heterocycles. The first-order valence-corrected chi connectivity index (χ1v) is 14.4. The minimum Gasteiger partial charge on any atom is -0.462 e. The van der Waals surface area contributed by atoms with Gasteiger partial charge in [-0.1, -0.05) is 67.6 Å². The maximum Gasteiger partial charge on any atom is 0.307 e. The number of carbonyl (C=O) groups excluding carboxylic acids is 2. The van der Waals surface area contributed by atoms with Gasteiger partial charge in [0.2, 0.25) is 0 Å². The SMILES string of the molecule is CCCC(=O)OCCOC(=O)CCN(CCCCOCCCCN(C)Cc1ccccc1)Cc1ccccc1. The zero-order valence-electron chi connectivity index (χ0n) is 24.0. The maximum atomic E-state index is 12.2. The van der Waals surface area contributed by atoms with Gasteiger partial charge >= 0.3 is 11.9 Å². The predicted octanol–water partition coefficient (Wildman–Crippen LogP) is 5.47. The Morgan fingerprint density at radius 2 is 1.18 bits per heavy atom. The van der Waals surface area contributed by atoms with Crippen LogP contribution in [0.1, 0.15) is 63.0 Å². The summed E-state index contributed by atoms with van der Waals surface area (Å²) in [6.45, 7) is 8.06. The largest absolute Gasteiger partial charge is 0.462 e. The van der Waals surface area contributed by atoms with Crippen LogP contribution in [0.4, 0.5) is 0 Å². The second-order valence-electron chi connectivity index (χ2n) is 9.95. The maximum absolute atomic E-state index is 12.2. The number of ether oxygens (including phenoxy) is 3. The number of hydrogen-bond acceptors (Lipinski definition) is 7. The second kappa shape index (κ2) is 21.1. The van der Waals surface area contributed by atoms with Gasteiger partial charge in [-0.05, 0) is 63.4 Å². The lowest BCUT2D eigenvalue weighted by Crippen LogP contribution is -2.28. The van der Waals surface area contributed by atoms with E-state index in [1.54, 1.807) is 0 Å². The van der Waals surface area contributed by atoms with E-state index in [1.165, 1.54) is 11.1 Å². The van der Waals surface area contributed by atoms with Crippen molar-refractivity contribution in [1.29, 1.82) is 0 Å². The molecule has 0 aliphatic rings. The Morgan fingerprint density at radius 1 is 0.641 bits per heavy atom. The van der Waals surface area contributed by atoms with Crippen LogP contribution >= 0.6 is 0 Å². The Balaban J connectivity index is 1.56. The summed E-state index contributed by atoms with van der Waals surface area (Å²) in [4.78, 5) is 28.2. The number of unbranched alkanes of at least 4 members (excludes halogenated alkanes) is 2. The van der Waals surface area contributed by atoms with Crippen molar-refractivity contribution in [2.45, 2.75) is 65.0 Å². The van der Waals surface area contributed by atoms with Gasteiger partial charge in [0.05, 0.1) is 6.42 Å². The van der Waals surface area contributed by atoms with Gasteiger partial charge in [0.25, 0.3) is 0 Å². The van der Waals surface area contributed by atoms with Crippen LogP contribution in [0.25, 0.3) is 0 Å². The molecule has 2 aromatic rings. The Labute approximate surface area is 235 Å². The summed E-state index contributed by atoms with van der Waals surface area (Å²) >= 11 is 0. The molecule has 0 saturated carbocycles. The highest BCUT2D eigenvalue weighted by molar-refractivity contribution is 5.70. The van der Waals surface area contributed by atoms with Crippen LogP contribution in [0, 0.1) is 0 Å². The fourth-order valence-corrected chi connectivity index (χ4v) is 4.22. The monoisotopic (exact) mass is 540 g/mol. The highest BCUT2D eigenvalue weighted by atomic mass is 16.6. The molecule has 0 bridgehead atoms. The van der Waals surface area contributed by atoms with Crippen molar-refractivity contribution in [2.75, 3.05) is 53.1 Å². The summed E-state index contributed by atoms with van der Waals surface area (Å²) in [7, 11) is 2.17. The van der Waals surface area contributed by atoms with Crippen LogP contribution in [0.3, 0.4) is 0 Å². The third-order valence-corrected chi connectivity index (χ3v) is 6.33. The van der Waals surface area contributed by atoms with Crippen LogP contribution in [0.2, 0.25) is 0 Å². The van der Waals surface area contributed by atoms with E-state index in [1.807, 2.05) is 25.1 Å². The zero-order valence-corrected chi connectivity index (χ0v) is 24.0. The van der Waals surface area contributed by atoms with Crippen molar-refractivity contribution in [3.63, 3.8) is 0 Å². The fraction of sp³-hybridized carbons (Fsp3) is 0.562. The third-order valence-electron chi connectivity index (χ3n) is 6.33. The van der Waals surface area contributed by atoms with E-state index in [9.17, 15) is 9.59 Å². The molecule has 0 N–H and O–H groups in total. The fourth-order valence-electron chi connectivity index (χ4n) is 4.22. The topological polar surface area (TPSA) is 68.3 Å². The van der Waals surface area contributed by atoms with Crippen molar-refractivity contribution < 1.29 is 23.8 Å². The molecule has 0 aliphatic carbocycles. The Bertz CT molecular complexity index is 894. The van der Waals surface area contributed by atoms with Gasteiger partial charge in [0.1, 0.15) is 13.2 Å². The summed E-state index contributed by atoms with van der Waals surface area (Å²) in [5, 5.41) is 0. The lowest BCUT2D eigenvalue weighted by Gasteiger charge is -2.22. The Hall–Kier alpha value is -2.74. The molecule has 0 atom stereocenters. The van der Waals surface area contributed by atoms with Gasteiger partial charge in [-0.2, -0.15) is 0 Å². The van der Waals surface area contributed by atoms with Crippen LogP contribution in [-0.4, -0.2) is 74.8 Å². The van der Waals surface area contributed by atoms with E-state index in [0.29, 0.717) is 19.4 Å². The lowest BCUT2D eigenvalue weighted by atomic mass is 10.2. The van der Waals surface area contributed by atoms with Gasteiger partial charge in [-0.15, -0.1) is 0 Å². The van der Waals surface area contributed by atoms with Crippen molar-refractivity contribution in [3.8, 4) is 0 Å². The highest BCUT2D eigenvalue weighted by Crippen LogP contribution is 2.08. The summed E-state index contributed by atoms with van der Waals surface area (Å²) in [5.41, 5.74) is 2.57. The normalized spacial score (nSPS) is 11.2. The molecular weight excluding hydrogens is 492 g/mol. The van der Waals surface area contributed by atoms with Crippen molar-refractivity contribution in [3.05, 3.63) is 71.8 Å². The number of esters is 2. The van der Waals surface area contributed by atoms with Crippen LogP contribution in [0.15, 0.2) is 60.7 Å². The number of carbonyl (C=O) groups is 2. The number of benzene rings is 2. The van der Waals surface area contributed by atoms with E-state index >= 15 is 0 Å². The molecule has 0 amide bonds. The second-order valence-corrected chi connectivity index (χ2v) is 9.95. The standard InChI is InChI=1S/C32H48N2O5/c1-3-14-31(35)38-25-26-39-32(36)19-22-34(28-30-17-8-5-9-18-30)21-11-13-24-37-23-12-10-20-33(2)27-29-15-6-4-7-16-29/h4-9,15-18H,3,10-14,19-28H2,1-2H3. The highest BCUT2D eigenvalue weighted by Gasteiger charge is 2.11. The first kappa shape index (κ1) is 32.5. The summed E-state index contributed by atoms with van der Waals surface area (Å²) < 4.78 is 16.1. The molecule has 0 aromatic heterocycles. The molecule has 2 aromatic carbocycles. The molecule has 0 spiro atoms. The Kier molecular flexibility index (Phi) is 17.6. The van der Waals surface area contributed by atoms with Gasteiger partial charge in [0, 0.05) is 39.3 Å². The first-order valence-electron chi connectivity index (χ1n) is 14.4. The smallest absolute Gasteiger partial charge is 0.307 e. The van der Waals surface area contributed by atoms with E-state index in [-0.39, 0.29) is 25.2 Å². The molecule has 0 radical (unpaired) electrons. The van der Waals surface area contributed by atoms with Gasteiger partial charge in [-0.25, -0.2) is 0 Å². The minimum atomic E-state index is -0.266. The van der Waals surface area contributed by atoms with Crippen LogP contribution in [-0.2, 0) is 36.9 Å². The van der Waals surface area contributed by atoms with Gasteiger partial charge in [-0.3, -0.25) is 14.5 Å². The quantitative estimate of drug-likeness (QED) is 0.145. The number of nitrogens with zero attached hydrogens (tertiary/aromatic N) is 2. The average Bonchev–Trinajstić information content (AvgIpc) is 2.94. The molecule has 0 heterocycles. The summed E-state index contributed by atoms with van der Waals surface area (Å²) in [6, 6.07) is 20.9. The molecule has 7 nitrogen and oxygen atoms in total. The molecule has 2 rings (SSSR count). The van der Waals surface area contributed by atoms with E-state index in [2.05, 4.69) is 59.3 Å². The van der Waals surface area contributed by atoms with Crippen LogP contribution in [0.5, 0.6) is 0 Å². The van der Waals surface area contributed by atoms with Crippen molar-refractivity contribution in [2.24, 2.45) is 0 Å². The molecule has 0 aliphatic heterocycles. The van der Waals surface area contributed by atoms with Crippen molar-refractivity contribution >= 4 is 11.9 Å². The molecule has 0 fully saturated rings. The minimum absolute atomic E-state index is 0.105. The molecule has 39 heavy (non-hydrogen) atoms. The van der Waals surface area contributed by atoms with Crippen molar-refractivity contribution in [1.82, 2.24) is 9.80 Å². The van der Waals surface area contributed by atoms with Crippen LogP contribution < -0.4 is 0 Å². The van der Waals surface area contributed by atoms with E-state index < -0.39 is 0 Å². The van der Waals surface area contributed by atoms with Gasteiger partial charge in [0.15, 0.2) is 0 Å². The Morgan fingerprint density at radius 3 is 1.77 bits per heavy atom. The molecule has 7 heteroatoms. The van der Waals surface area contributed by atoms with E-state index in [4.69, 9.17) is 14.2 Å². The number of hydrogen-bond donors (Lipinski definition) is 0. The van der Waals surface area contributed by atoms with Gasteiger partial charge < -0.3 is 19.1 Å². The predicted molar refractivity (Wildman–Crippen MR) is 155 cm³/mol. The zero-order chi connectivity index (χ0) is 28.0. The lowest BCUT2D eigenvalue weighted by molar-refractivity contribution is -0.152. The summed E-state index contributed by atoms with van der Waals surface area (Å²) in [5.74, 6) is -0.518. The van der Waals surface area contributed by atoms with E-state index in [0.717, 1.165) is 71.5 Å². The number of rotatable bonds is 22. The first-order chi connectivity index (χ1) is 19.1. The molecule has 216 valence electrons.